The first-order valence-corrected chi connectivity index (χ1v) is 9.44. The number of hydrogen-bond donors (Lipinski definition) is 1. The van der Waals surface area contributed by atoms with Gasteiger partial charge in [0.1, 0.15) is 5.82 Å². The highest BCUT2D eigenvalue weighted by atomic mass is 19.1. The van der Waals surface area contributed by atoms with Crippen molar-refractivity contribution in [2.24, 2.45) is 7.05 Å². The standard InChI is InChI=1S/C22H24FN3O/c1-25-13-10-17-4-5-18(14-20(17)25)22(27)24-15-21(26-11-2-3-12-26)16-6-8-19(23)9-7-16/h4-10,13-14,21H,2-3,11-12,15H2,1H3,(H,24,27). The van der Waals surface area contributed by atoms with Gasteiger partial charge in [-0.25, -0.2) is 4.39 Å². The smallest absolute Gasteiger partial charge is 0.251 e. The van der Waals surface area contributed by atoms with Gasteiger partial charge >= 0.3 is 0 Å². The van der Waals surface area contributed by atoms with Gasteiger partial charge in [-0.15, -0.1) is 0 Å². The number of nitrogens with one attached hydrogen (secondary N) is 1. The molecule has 0 spiro atoms. The molecule has 0 bridgehead atoms. The van der Waals surface area contributed by atoms with Crippen LogP contribution in [0.3, 0.4) is 0 Å². The third-order valence-electron chi connectivity index (χ3n) is 5.44. The Kier molecular flexibility index (Phi) is 4.94. The predicted molar refractivity (Wildman–Crippen MR) is 105 cm³/mol. The second-order valence-corrected chi connectivity index (χ2v) is 7.22. The molecule has 1 N–H and O–H groups in total. The molecule has 1 aliphatic heterocycles. The predicted octanol–water partition coefficient (Wildman–Crippen LogP) is 3.88. The fourth-order valence-electron chi connectivity index (χ4n) is 3.89. The zero-order chi connectivity index (χ0) is 18.8. The highest BCUT2D eigenvalue weighted by Crippen LogP contribution is 2.25. The van der Waals surface area contributed by atoms with Crippen molar-refractivity contribution < 1.29 is 9.18 Å². The van der Waals surface area contributed by atoms with Gasteiger partial charge < -0.3 is 9.88 Å². The summed E-state index contributed by atoms with van der Waals surface area (Å²) in [5.41, 5.74) is 2.73. The molecular formula is C22H24FN3O. The van der Waals surface area contributed by atoms with Crippen molar-refractivity contribution in [3.8, 4) is 0 Å². The maximum absolute atomic E-state index is 13.3. The molecular weight excluding hydrogens is 341 g/mol. The van der Waals surface area contributed by atoms with Gasteiger partial charge in [0.05, 0.1) is 6.04 Å². The van der Waals surface area contributed by atoms with E-state index in [1.807, 2.05) is 54.2 Å². The number of carbonyl (C=O) groups excluding carboxylic acids is 1. The van der Waals surface area contributed by atoms with Crippen molar-refractivity contribution in [1.29, 1.82) is 0 Å². The summed E-state index contributed by atoms with van der Waals surface area (Å²) in [5, 5.41) is 4.20. The summed E-state index contributed by atoms with van der Waals surface area (Å²) in [4.78, 5) is 15.1. The van der Waals surface area contributed by atoms with Gasteiger partial charge in [-0.3, -0.25) is 9.69 Å². The lowest BCUT2D eigenvalue weighted by Gasteiger charge is -2.28. The summed E-state index contributed by atoms with van der Waals surface area (Å²) in [6, 6.07) is 14.5. The molecule has 4 rings (SSSR count). The second kappa shape index (κ2) is 7.53. The first-order chi connectivity index (χ1) is 13.1. The van der Waals surface area contributed by atoms with Gasteiger partial charge in [0.15, 0.2) is 0 Å². The average molecular weight is 365 g/mol. The van der Waals surface area contributed by atoms with Crippen LogP contribution in [0.2, 0.25) is 0 Å². The van der Waals surface area contributed by atoms with E-state index in [4.69, 9.17) is 0 Å². The van der Waals surface area contributed by atoms with Crippen LogP contribution in [0, 0.1) is 5.82 Å². The number of hydrogen-bond acceptors (Lipinski definition) is 2. The van der Waals surface area contributed by atoms with Crippen molar-refractivity contribution in [2.45, 2.75) is 18.9 Å². The van der Waals surface area contributed by atoms with Crippen LogP contribution in [0.4, 0.5) is 4.39 Å². The van der Waals surface area contributed by atoms with Crippen LogP contribution in [0.5, 0.6) is 0 Å². The molecule has 0 saturated carbocycles. The topological polar surface area (TPSA) is 37.3 Å². The highest BCUT2D eigenvalue weighted by Gasteiger charge is 2.24. The van der Waals surface area contributed by atoms with Crippen LogP contribution in [0.25, 0.3) is 10.9 Å². The van der Waals surface area contributed by atoms with Gasteiger partial charge in [0.25, 0.3) is 5.91 Å². The lowest BCUT2D eigenvalue weighted by Crippen LogP contribution is -2.36. The van der Waals surface area contributed by atoms with Crippen LogP contribution in [-0.4, -0.2) is 35.0 Å². The average Bonchev–Trinajstić information content (AvgIpc) is 3.33. The number of rotatable bonds is 5. The maximum Gasteiger partial charge on any atom is 0.251 e. The molecule has 0 aliphatic carbocycles. The van der Waals surface area contributed by atoms with E-state index in [0.29, 0.717) is 12.1 Å². The summed E-state index contributed by atoms with van der Waals surface area (Å²) in [5.74, 6) is -0.316. The molecule has 4 nitrogen and oxygen atoms in total. The monoisotopic (exact) mass is 365 g/mol. The summed E-state index contributed by atoms with van der Waals surface area (Å²) < 4.78 is 15.3. The molecule has 2 heterocycles. The molecule has 1 aliphatic rings. The number of aromatic nitrogens is 1. The van der Waals surface area contributed by atoms with E-state index in [2.05, 4.69) is 10.2 Å². The summed E-state index contributed by atoms with van der Waals surface area (Å²) in [7, 11) is 1.97. The summed E-state index contributed by atoms with van der Waals surface area (Å²) in [6.07, 6.45) is 4.32. The van der Waals surface area contributed by atoms with Crippen LogP contribution >= 0.6 is 0 Å². The lowest BCUT2D eigenvalue weighted by atomic mass is 10.0. The fraction of sp³-hybridized carbons (Fsp3) is 0.318. The molecule has 1 fully saturated rings. The number of aryl methyl sites for hydroxylation is 1. The van der Waals surface area contributed by atoms with Gasteiger partial charge in [-0.2, -0.15) is 0 Å². The Morgan fingerprint density at radius 2 is 1.85 bits per heavy atom. The lowest BCUT2D eigenvalue weighted by molar-refractivity contribution is 0.0938. The van der Waals surface area contributed by atoms with Crippen molar-refractivity contribution >= 4 is 16.8 Å². The minimum absolute atomic E-state index is 0.0656. The quantitative estimate of drug-likeness (QED) is 0.745. The van der Waals surface area contributed by atoms with Crippen LogP contribution in [0.1, 0.15) is 34.8 Å². The molecule has 2 aromatic carbocycles. The Labute approximate surface area is 158 Å². The molecule has 5 heteroatoms. The van der Waals surface area contributed by atoms with E-state index in [0.717, 1.165) is 42.4 Å². The van der Waals surface area contributed by atoms with Gasteiger partial charge in [0, 0.05) is 30.9 Å². The Balaban J connectivity index is 1.51. The number of amides is 1. The van der Waals surface area contributed by atoms with Crippen molar-refractivity contribution in [1.82, 2.24) is 14.8 Å². The van der Waals surface area contributed by atoms with Crippen LogP contribution < -0.4 is 5.32 Å². The molecule has 1 amide bonds. The van der Waals surface area contributed by atoms with E-state index in [1.165, 1.54) is 12.1 Å². The second-order valence-electron chi connectivity index (χ2n) is 7.22. The van der Waals surface area contributed by atoms with Crippen molar-refractivity contribution in [3.05, 3.63) is 71.7 Å². The molecule has 1 saturated heterocycles. The van der Waals surface area contributed by atoms with E-state index in [9.17, 15) is 9.18 Å². The first-order valence-electron chi connectivity index (χ1n) is 9.44. The van der Waals surface area contributed by atoms with E-state index < -0.39 is 0 Å². The maximum atomic E-state index is 13.3. The number of likely N-dealkylation sites (tertiary alicyclic amines) is 1. The number of nitrogens with zero attached hydrogens (tertiary/aromatic N) is 2. The Morgan fingerprint density at radius 1 is 1.11 bits per heavy atom. The molecule has 1 unspecified atom stereocenters. The van der Waals surface area contributed by atoms with Crippen LogP contribution in [0.15, 0.2) is 54.7 Å². The summed E-state index contributed by atoms with van der Waals surface area (Å²) in [6.45, 7) is 2.52. The molecule has 1 aromatic heterocycles. The first kappa shape index (κ1) is 17.7. The Hall–Kier alpha value is -2.66. The largest absolute Gasteiger partial charge is 0.351 e. The molecule has 3 aromatic rings. The molecule has 1 atom stereocenters. The number of fused-ring (bicyclic) bond motifs is 1. The van der Waals surface area contributed by atoms with Crippen molar-refractivity contribution in [2.75, 3.05) is 19.6 Å². The third-order valence-corrected chi connectivity index (χ3v) is 5.44. The van der Waals surface area contributed by atoms with E-state index in [1.54, 1.807) is 0 Å². The fourth-order valence-corrected chi connectivity index (χ4v) is 3.89. The zero-order valence-corrected chi connectivity index (χ0v) is 15.5. The van der Waals surface area contributed by atoms with Gasteiger partial charge in [-0.05, 0) is 67.2 Å². The minimum Gasteiger partial charge on any atom is -0.351 e. The third kappa shape index (κ3) is 3.74. The number of benzene rings is 2. The summed E-state index contributed by atoms with van der Waals surface area (Å²) >= 11 is 0. The van der Waals surface area contributed by atoms with Crippen molar-refractivity contribution in [3.63, 3.8) is 0 Å². The molecule has 0 radical (unpaired) electrons. The van der Waals surface area contributed by atoms with Gasteiger partial charge in [-0.1, -0.05) is 18.2 Å². The SMILES string of the molecule is Cn1ccc2ccc(C(=O)NCC(c3ccc(F)cc3)N3CCCC3)cc21. The normalized spacial score (nSPS) is 15.9. The number of halogens is 1. The van der Waals surface area contributed by atoms with E-state index in [-0.39, 0.29) is 17.8 Å². The minimum atomic E-state index is -0.237. The Bertz CT molecular complexity index is 942. The zero-order valence-electron chi connectivity index (χ0n) is 15.5. The van der Waals surface area contributed by atoms with Crippen LogP contribution in [-0.2, 0) is 7.05 Å². The highest BCUT2D eigenvalue weighted by molar-refractivity contribution is 5.98. The van der Waals surface area contributed by atoms with E-state index >= 15 is 0 Å². The van der Waals surface area contributed by atoms with Gasteiger partial charge in [0.2, 0.25) is 0 Å². The Morgan fingerprint density at radius 3 is 2.59 bits per heavy atom. The molecule has 27 heavy (non-hydrogen) atoms. The molecule has 140 valence electrons. The number of carbonyl (C=O) groups is 1.